The lowest BCUT2D eigenvalue weighted by atomic mass is 9.82. The van der Waals surface area contributed by atoms with Gasteiger partial charge in [0.1, 0.15) is 5.82 Å². The van der Waals surface area contributed by atoms with Crippen molar-refractivity contribution in [1.82, 2.24) is 10.3 Å². The molecule has 0 saturated heterocycles. The van der Waals surface area contributed by atoms with Gasteiger partial charge in [0.05, 0.1) is 6.04 Å². The molecule has 2 unspecified atom stereocenters. The fraction of sp³-hybridized carbons (Fsp3) is 0.435. The molecule has 6 nitrogen and oxygen atoms in total. The molecule has 1 aromatic heterocycles. The van der Waals surface area contributed by atoms with Crippen molar-refractivity contribution in [2.24, 2.45) is 5.92 Å². The summed E-state index contributed by atoms with van der Waals surface area (Å²) in [6.07, 6.45) is 0. The lowest BCUT2D eigenvalue weighted by Gasteiger charge is -2.44. The number of fused-ring (bicyclic) bond motifs is 1. The van der Waals surface area contributed by atoms with E-state index in [1.165, 1.54) is 0 Å². The predicted molar refractivity (Wildman–Crippen MR) is 116 cm³/mol. The van der Waals surface area contributed by atoms with E-state index in [0.717, 1.165) is 22.8 Å². The van der Waals surface area contributed by atoms with Gasteiger partial charge < -0.3 is 15.5 Å². The molecule has 2 heterocycles. The van der Waals surface area contributed by atoms with Gasteiger partial charge in [0, 0.05) is 41.9 Å². The van der Waals surface area contributed by atoms with Crippen LogP contribution in [0.1, 0.15) is 62.3 Å². The maximum absolute atomic E-state index is 12.6. The second-order valence-electron chi connectivity index (χ2n) is 8.18. The van der Waals surface area contributed by atoms with E-state index >= 15 is 0 Å². The second kappa shape index (κ2) is 8.23. The van der Waals surface area contributed by atoms with Crippen molar-refractivity contribution >= 4 is 23.3 Å². The molecule has 1 aromatic carbocycles. The van der Waals surface area contributed by atoms with Gasteiger partial charge in [-0.15, -0.1) is 0 Å². The van der Waals surface area contributed by atoms with E-state index in [0.29, 0.717) is 5.56 Å². The molecule has 3 rings (SSSR count). The Balaban J connectivity index is 2.08. The molecule has 2 amide bonds. The van der Waals surface area contributed by atoms with Crippen molar-refractivity contribution in [1.29, 1.82) is 0 Å². The molecule has 6 heteroatoms. The number of nitrogens with one attached hydrogen (secondary N) is 2. The minimum Gasteiger partial charge on any atom is -0.363 e. The normalized spacial score (nSPS) is 20.9. The van der Waals surface area contributed by atoms with Crippen molar-refractivity contribution in [2.45, 2.75) is 59.7 Å². The van der Waals surface area contributed by atoms with Crippen LogP contribution >= 0.6 is 0 Å². The number of benzene rings is 1. The Bertz CT molecular complexity index is 925. The summed E-state index contributed by atoms with van der Waals surface area (Å²) in [5.41, 5.74) is 3.30. The van der Waals surface area contributed by atoms with Crippen LogP contribution in [0.15, 0.2) is 36.4 Å². The Kier molecular flexibility index (Phi) is 5.91. The number of pyridine rings is 1. The van der Waals surface area contributed by atoms with E-state index in [1.807, 2.05) is 56.0 Å². The van der Waals surface area contributed by atoms with E-state index in [1.54, 1.807) is 13.0 Å². The molecule has 29 heavy (non-hydrogen) atoms. The van der Waals surface area contributed by atoms with Crippen LogP contribution in [-0.4, -0.2) is 28.9 Å². The summed E-state index contributed by atoms with van der Waals surface area (Å²) in [6, 6.07) is 11.4. The first-order chi connectivity index (χ1) is 13.7. The molecule has 0 fully saturated rings. The molecule has 2 N–H and O–H groups in total. The van der Waals surface area contributed by atoms with Crippen LogP contribution in [0.2, 0.25) is 0 Å². The van der Waals surface area contributed by atoms with Crippen LogP contribution in [0.5, 0.6) is 0 Å². The molecular weight excluding hydrogens is 364 g/mol. The van der Waals surface area contributed by atoms with Gasteiger partial charge in [0.25, 0.3) is 5.91 Å². The fourth-order valence-corrected chi connectivity index (χ4v) is 3.97. The highest BCUT2D eigenvalue weighted by atomic mass is 16.2. The minimum absolute atomic E-state index is 0.00267. The SMILES string of the molecule is CC(=O)N1c2ccc(C(=O)NC(C)C)cc2C(Nc2cccc(C)n2)C(C)[C@@H]1C. The summed E-state index contributed by atoms with van der Waals surface area (Å²) < 4.78 is 0. The summed E-state index contributed by atoms with van der Waals surface area (Å²) in [6.45, 7) is 11.6. The zero-order chi connectivity index (χ0) is 21.3. The first-order valence-electron chi connectivity index (χ1n) is 10.1. The molecule has 0 saturated carbocycles. The molecule has 154 valence electrons. The summed E-state index contributed by atoms with van der Waals surface area (Å²) >= 11 is 0. The van der Waals surface area contributed by atoms with Crippen LogP contribution in [0.3, 0.4) is 0 Å². The number of carbonyl (C=O) groups excluding carboxylic acids is 2. The van der Waals surface area contributed by atoms with Gasteiger partial charge in [0.15, 0.2) is 0 Å². The second-order valence-corrected chi connectivity index (χ2v) is 8.18. The summed E-state index contributed by atoms with van der Waals surface area (Å²) in [4.78, 5) is 31.4. The van der Waals surface area contributed by atoms with Crippen LogP contribution < -0.4 is 15.5 Å². The van der Waals surface area contributed by atoms with Gasteiger partial charge in [-0.1, -0.05) is 13.0 Å². The lowest BCUT2D eigenvalue weighted by Crippen LogP contribution is -2.48. The van der Waals surface area contributed by atoms with Crippen molar-refractivity contribution in [3.05, 3.63) is 53.2 Å². The van der Waals surface area contributed by atoms with Gasteiger partial charge in [0.2, 0.25) is 5.91 Å². The Morgan fingerprint density at radius 1 is 1.14 bits per heavy atom. The number of aromatic nitrogens is 1. The summed E-state index contributed by atoms with van der Waals surface area (Å²) in [7, 11) is 0. The van der Waals surface area contributed by atoms with Crippen molar-refractivity contribution in [3.8, 4) is 0 Å². The molecule has 2 aromatic rings. The minimum atomic E-state index is -0.115. The van der Waals surface area contributed by atoms with E-state index < -0.39 is 0 Å². The number of nitrogens with zero attached hydrogens (tertiary/aromatic N) is 2. The van der Waals surface area contributed by atoms with Crippen LogP contribution in [-0.2, 0) is 4.79 Å². The molecule has 0 bridgehead atoms. The number of hydrogen-bond donors (Lipinski definition) is 2. The van der Waals surface area contributed by atoms with Gasteiger partial charge in [-0.3, -0.25) is 9.59 Å². The van der Waals surface area contributed by atoms with Crippen molar-refractivity contribution in [2.75, 3.05) is 10.2 Å². The van der Waals surface area contributed by atoms with Crippen LogP contribution in [0.25, 0.3) is 0 Å². The van der Waals surface area contributed by atoms with Crippen LogP contribution in [0, 0.1) is 12.8 Å². The molecule has 0 spiro atoms. The number of rotatable bonds is 4. The van der Waals surface area contributed by atoms with Gasteiger partial charge in [-0.05, 0) is 63.6 Å². The van der Waals surface area contributed by atoms with E-state index in [-0.39, 0.29) is 35.9 Å². The molecule has 0 aliphatic carbocycles. The van der Waals surface area contributed by atoms with Gasteiger partial charge >= 0.3 is 0 Å². The smallest absolute Gasteiger partial charge is 0.251 e. The summed E-state index contributed by atoms with van der Waals surface area (Å²) in [5, 5.41) is 6.48. The monoisotopic (exact) mass is 394 g/mol. The Morgan fingerprint density at radius 3 is 2.48 bits per heavy atom. The standard InChI is InChI=1S/C23H30N4O2/c1-13(2)24-23(29)18-10-11-20-19(12-18)22(15(4)16(5)27(20)17(6)28)26-21-9-7-8-14(3)25-21/h7-13,15-16,22H,1-6H3,(H,24,29)(H,25,26)/t15?,16-,22?/m0/s1. The summed E-state index contributed by atoms with van der Waals surface area (Å²) in [5.74, 6) is 0.790. The third-order valence-electron chi connectivity index (χ3n) is 5.53. The highest BCUT2D eigenvalue weighted by Crippen LogP contribution is 2.42. The first kappa shape index (κ1) is 20.8. The average molecular weight is 395 g/mol. The Morgan fingerprint density at radius 2 is 1.86 bits per heavy atom. The van der Waals surface area contributed by atoms with Crippen LogP contribution in [0.4, 0.5) is 11.5 Å². The highest BCUT2D eigenvalue weighted by Gasteiger charge is 2.38. The Hall–Kier alpha value is -2.89. The zero-order valence-electron chi connectivity index (χ0n) is 18.0. The van der Waals surface area contributed by atoms with Crippen molar-refractivity contribution < 1.29 is 9.59 Å². The van der Waals surface area contributed by atoms with Crippen molar-refractivity contribution in [3.63, 3.8) is 0 Å². The molecule has 1 aliphatic heterocycles. The molecular formula is C23H30N4O2. The van der Waals surface area contributed by atoms with Gasteiger partial charge in [-0.25, -0.2) is 4.98 Å². The largest absolute Gasteiger partial charge is 0.363 e. The zero-order valence-corrected chi connectivity index (χ0v) is 18.0. The predicted octanol–water partition coefficient (Wildman–Crippen LogP) is 4.07. The molecule has 0 radical (unpaired) electrons. The first-order valence-corrected chi connectivity index (χ1v) is 10.1. The number of amides is 2. The quantitative estimate of drug-likeness (QED) is 0.820. The average Bonchev–Trinajstić information content (AvgIpc) is 2.64. The fourth-order valence-electron chi connectivity index (χ4n) is 3.97. The maximum atomic E-state index is 12.6. The molecule has 3 atom stereocenters. The van der Waals surface area contributed by atoms with E-state index in [9.17, 15) is 9.59 Å². The topological polar surface area (TPSA) is 74.3 Å². The number of hydrogen-bond acceptors (Lipinski definition) is 4. The lowest BCUT2D eigenvalue weighted by molar-refractivity contribution is -0.117. The third-order valence-corrected chi connectivity index (χ3v) is 5.53. The number of carbonyl (C=O) groups is 2. The van der Waals surface area contributed by atoms with E-state index in [4.69, 9.17) is 0 Å². The van der Waals surface area contributed by atoms with E-state index in [2.05, 4.69) is 29.5 Å². The van der Waals surface area contributed by atoms with Gasteiger partial charge in [-0.2, -0.15) is 0 Å². The number of anilines is 2. The maximum Gasteiger partial charge on any atom is 0.251 e. The Labute approximate surface area is 172 Å². The number of aryl methyl sites for hydroxylation is 1. The highest BCUT2D eigenvalue weighted by molar-refractivity contribution is 5.98. The third kappa shape index (κ3) is 4.26. The molecule has 1 aliphatic rings.